The molecule has 1 fully saturated rings. The van der Waals surface area contributed by atoms with Crippen LogP contribution in [0.4, 0.5) is 11.4 Å². The number of anilines is 2. The van der Waals surface area contributed by atoms with Crippen LogP contribution in [-0.4, -0.2) is 17.6 Å². The highest BCUT2D eigenvalue weighted by molar-refractivity contribution is 8.00. The van der Waals surface area contributed by atoms with E-state index in [4.69, 9.17) is 0 Å². The second-order valence-electron chi connectivity index (χ2n) is 6.62. The lowest BCUT2D eigenvalue weighted by Gasteiger charge is -2.24. The zero-order chi connectivity index (χ0) is 20.1. The predicted octanol–water partition coefficient (Wildman–Crippen LogP) is 5.12. The highest BCUT2D eigenvalue weighted by Crippen LogP contribution is 2.41. The molecule has 1 unspecified atom stereocenters. The number of para-hydroxylation sites is 1. The summed E-state index contributed by atoms with van der Waals surface area (Å²) in [5, 5.41) is 2.81. The number of nitrogens with zero attached hydrogens (tertiary/aromatic N) is 1. The maximum Gasteiger partial charge on any atom is 0.248 e. The van der Waals surface area contributed by atoms with E-state index in [9.17, 15) is 9.59 Å². The number of benzene rings is 3. The first kappa shape index (κ1) is 19.0. The van der Waals surface area contributed by atoms with Crippen molar-refractivity contribution >= 4 is 41.0 Å². The first-order valence-electron chi connectivity index (χ1n) is 9.33. The van der Waals surface area contributed by atoms with Gasteiger partial charge in [0.25, 0.3) is 0 Å². The number of hydrogen-bond acceptors (Lipinski definition) is 3. The van der Waals surface area contributed by atoms with Gasteiger partial charge in [-0.15, -0.1) is 11.8 Å². The van der Waals surface area contributed by atoms with Crippen LogP contribution in [-0.2, 0) is 9.59 Å². The van der Waals surface area contributed by atoms with Gasteiger partial charge in [0.05, 0.1) is 5.75 Å². The molecular formula is C24H20N2O2S. The smallest absolute Gasteiger partial charge is 0.248 e. The first-order valence-corrected chi connectivity index (χ1v) is 10.4. The van der Waals surface area contributed by atoms with Crippen LogP contribution in [0.5, 0.6) is 0 Å². The van der Waals surface area contributed by atoms with E-state index >= 15 is 0 Å². The lowest BCUT2D eigenvalue weighted by Crippen LogP contribution is -2.27. The van der Waals surface area contributed by atoms with Gasteiger partial charge in [-0.25, -0.2) is 0 Å². The van der Waals surface area contributed by atoms with Gasteiger partial charge >= 0.3 is 0 Å². The van der Waals surface area contributed by atoms with E-state index in [2.05, 4.69) is 5.32 Å². The second kappa shape index (κ2) is 8.80. The fourth-order valence-corrected chi connectivity index (χ4v) is 4.37. The van der Waals surface area contributed by atoms with E-state index in [0.29, 0.717) is 5.75 Å². The average Bonchev–Trinajstić information content (AvgIpc) is 3.15. The zero-order valence-corrected chi connectivity index (χ0v) is 16.5. The molecule has 1 aliphatic heterocycles. The maximum absolute atomic E-state index is 12.4. The van der Waals surface area contributed by atoms with E-state index in [1.807, 2.05) is 89.8 Å². The third-order valence-electron chi connectivity index (χ3n) is 4.59. The largest absolute Gasteiger partial charge is 0.323 e. The summed E-state index contributed by atoms with van der Waals surface area (Å²) in [6.45, 7) is 0. The summed E-state index contributed by atoms with van der Waals surface area (Å²) < 4.78 is 0. The fourth-order valence-electron chi connectivity index (χ4n) is 3.19. The van der Waals surface area contributed by atoms with Gasteiger partial charge in [-0.05, 0) is 41.5 Å². The van der Waals surface area contributed by atoms with Crippen LogP contribution in [0.1, 0.15) is 16.5 Å². The number of carbonyl (C=O) groups is 2. The van der Waals surface area contributed by atoms with Crippen LogP contribution in [0.3, 0.4) is 0 Å². The highest BCUT2D eigenvalue weighted by atomic mass is 32.2. The molecule has 29 heavy (non-hydrogen) atoms. The van der Waals surface area contributed by atoms with Crippen LogP contribution in [0.25, 0.3) is 6.08 Å². The predicted molar refractivity (Wildman–Crippen MR) is 120 cm³/mol. The molecular weight excluding hydrogens is 380 g/mol. The minimum absolute atomic E-state index is 0.0624. The summed E-state index contributed by atoms with van der Waals surface area (Å²) in [4.78, 5) is 26.4. The van der Waals surface area contributed by atoms with Crippen molar-refractivity contribution in [3.63, 3.8) is 0 Å². The Bertz CT molecular complexity index is 1020. The minimum atomic E-state index is -0.182. The molecule has 0 bridgehead atoms. The van der Waals surface area contributed by atoms with Crippen LogP contribution >= 0.6 is 11.8 Å². The number of nitrogens with one attached hydrogen (secondary N) is 1. The van der Waals surface area contributed by atoms with Crippen molar-refractivity contribution in [3.8, 4) is 0 Å². The van der Waals surface area contributed by atoms with Crippen molar-refractivity contribution in [3.05, 3.63) is 102 Å². The molecule has 4 rings (SSSR count). The Hall–Kier alpha value is -3.31. The number of carbonyl (C=O) groups excluding carboxylic acids is 2. The van der Waals surface area contributed by atoms with Gasteiger partial charge in [-0.3, -0.25) is 14.5 Å². The van der Waals surface area contributed by atoms with Crippen molar-refractivity contribution in [1.29, 1.82) is 0 Å². The molecule has 0 radical (unpaired) electrons. The molecule has 3 aromatic rings. The van der Waals surface area contributed by atoms with Gasteiger partial charge in [-0.1, -0.05) is 60.7 Å². The van der Waals surface area contributed by atoms with Gasteiger partial charge < -0.3 is 5.32 Å². The van der Waals surface area contributed by atoms with Crippen LogP contribution in [0.2, 0.25) is 0 Å². The van der Waals surface area contributed by atoms with Crippen molar-refractivity contribution < 1.29 is 9.59 Å². The Balaban J connectivity index is 1.44. The van der Waals surface area contributed by atoms with E-state index in [1.54, 1.807) is 17.8 Å². The Labute approximate surface area is 174 Å². The number of rotatable bonds is 5. The van der Waals surface area contributed by atoms with Gasteiger partial charge in [0.15, 0.2) is 0 Å². The van der Waals surface area contributed by atoms with Crippen LogP contribution < -0.4 is 10.2 Å². The summed E-state index contributed by atoms with van der Waals surface area (Å²) in [5.41, 5.74) is 3.62. The Morgan fingerprint density at radius 3 is 2.28 bits per heavy atom. The highest BCUT2D eigenvalue weighted by Gasteiger charge is 2.33. The van der Waals surface area contributed by atoms with Crippen molar-refractivity contribution in [2.75, 3.05) is 16.0 Å². The fraction of sp³-hybridized carbons (Fsp3) is 0.0833. The molecule has 1 atom stereocenters. The molecule has 5 heteroatoms. The molecule has 0 aliphatic carbocycles. The SMILES string of the molecule is O=C(/C=C/c1ccccc1)Nc1ccc(C2SCC(=O)N2c2ccccc2)cc1. The van der Waals surface area contributed by atoms with Gasteiger partial charge in [0.2, 0.25) is 11.8 Å². The molecule has 0 saturated carbocycles. The third-order valence-corrected chi connectivity index (χ3v) is 5.80. The quantitative estimate of drug-likeness (QED) is 0.605. The standard InChI is InChI=1S/C24H20N2O2S/c27-22(16-11-18-7-3-1-4-8-18)25-20-14-12-19(13-15-20)24-26(23(28)17-29-24)21-9-5-2-6-10-21/h1-16,24H,17H2,(H,25,27)/b16-11+. The van der Waals surface area contributed by atoms with Crippen molar-refractivity contribution in [2.45, 2.75) is 5.37 Å². The lowest BCUT2D eigenvalue weighted by molar-refractivity contribution is -0.116. The van der Waals surface area contributed by atoms with E-state index in [1.165, 1.54) is 6.08 Å². The Kier molecular flexibility index (Phi) is 5.77. The molecule has 1 N–H and O–H groups in total. The average molecular weight is 401 g/mol. The van der Waals surface area contributed by atoms with E-state index in [0.717, 1.165) is 22.5 Å². The summed E-state index contributed by atoms with van der Waals surface area (Å²) >= 11 is 1.61. The van der Waals surface area contributed by atoms with Crippen LogP contribution in [0, 0.1) is 0 Å². The van der Waals surface area contributed by atoms with E-state index < -0.39 is 0 Å². The normalized spacial score (nSPS) is 16.3. The first-order chi connectivity index (χ1) is 14.2. The maximum atomic E-state index is 12.4. The topological polar surface area (TPSA) is 49.4 Å². The number of hydrogen-bond donors (Lipinski definition) is 1. The molecule has 2 amide bonds. The third kappa shape index (κ3) is 4.58. The van der Waals surface area contributed by atoms with E-state index in [-0.39, 0.29) is 17.2 Å². The number of thioether (sulfide) groups is 1. The van der Waals surface area contributed by atoms with Gasteiger partial charge in [-0.2, -0.15) is 0 Å². The molecule has 0 aromatic heterocycles. The summed E-state index contributed by atoms with van der Waals surface area (Å²) in [6, 6.07) is 27.1. The monoisotopic (exact) mass is 400 g/mol. The second-order valence-corrected chi connectivity index (χ2v) is 7.69. The Morgan fingerprint density at radius 2 is 1.59 bits per heavy atom. The van der Waals surface area contributed by atoms with Crippen LogP contribution in [0.15, 0.2) is 91.0 Å². The number of amides is 2. The summed E-state index contributed by atoms with van der Waals surface area (Å²) in [7, 11) is 0. The minimum Gasteiger partial charge on any atom is -0.323 e. The van der Waals surface area contributed by atoms with Crippen molar-refractivity contribution in [1.82, 2.24) is 0 Å². The van der Waals surface area contributed by atoms with Gasteiger partial charge in [0.1, 0.15) is 5.37 Å². The summed E-state index contributed by atoms with van der Waals surface area (Å²) in [6.07, 6.45) is 3.30. The van der Waals surface area contributed by atoms with Gasteiger partial charge in [0, 0.05) is 17.5 Å². The molecule has 1 heterocycles. The molecule has 0 spiro atoms. The lowest BCUT2D eigenvalue weighted by atomic mass is 10.1. The molecule has 4 nitrogen and oxygen atoms in total. The zero-order valence-electron chi connectivity index (χ0n) is 15.7. The molecule has 1 saturated heterocycles. The molecule has 3 aromatic carbocycles. The summed E-state index contributed by atoms with van der Waals surface area (Å²) in [5.74, 6) is 0.384. The van der Waals surface area contributed by atoms with Crippen molar-refractivity contribution in [2.24, 2.45) is 0 Å². The molecule has 144 valence electrons. The molecule has 1 aliphatic rings. The Morgan fingerprint density at radius 1 is 0.931 bits per heavy atom.